The minimum Gasteiger partial charge on any atom is -0.374 e. The lowest BCUT2D eigenvalue weighted by Crippen LogP contribution is -2.51. The smallest absolute Gasteiger partial charge is 0.287 e. The summed E-state index contributed by atoms with van der Waals surface area (Å²) in [6.07, 6.45) is 6.95. The first-order chi connectivity index (χ1) is 17.5. The largest absolute Gasteiger partial charge is 0.374 e. The maximum Gasteiger partial charge on any atom is 0.287 e. The number of alkyl halides is 2. The van der Waals surface area contributed by atoms with Crippen molar-refractivity contribution in [3.8, 4) is 0 Å². The predicted octanol–water partition coefficient (Wildman–Crippen LogP) is 5.67. The normalized spacial score (nSPS) is 23.2. The fourth-order valence-corrected chi connectivity index (χ4v) is 5.57. The molecular formula is C28H34F2N2O4S. The molecule has 4 heterocycles. The molecule has 1 saturated heterocycles. The Morgan fingerprint density at radius 2 is 1.97 bits per heavy atom. The SMILES string of the molecule is CC(C)(C)O[C@H]1[C@@H](CN2Cc3ccsc3C2=O)OCC[C@H]1C1=CC=C1.CCC(F)(F)c1cccc(=O)[nH]1. The Morgan fingerprint density at radius 1 is 1.22 bits per heavy atom. The van der Waals surface area contributed by atoms with Gasteiger partial charge < -0.3 is 19.4 Å². The first-order valence-electron chi connectivity index (χ1n) is 12.6. The van der Waals surface area contributed by atoms with E-state index < -0.39 is 11.5 Å². The van der Waals surface area contributed by atoms with Crippen LogP contribution in [0.1, 0.15) is 61.5 Å². The molecule has 3 atom stereocenters. The summed E-state index contributed by atoms with van der Waals surface area (Å²) in [5.74, 6) is -2.46. The third-order valence-electron chi connectivity index (χ3n) is 6.62. The number of carbonyl (C=O) groups is 1. The molecule has 1 N–H and O–H groups in total. The van der Waals surface area contributed by atoms with Crippen LogP contribution in [0.2, 0.25) is 0 Å². The molecule has 6 nitrogen and oxygen atoms in total. The molecule has 1 fully saturated rings. The Bertz CT molecular complexity index is 1230. The third kappa shape index (κ3) is 6.45. The zero-order valence-electron chi connectivity index (χ0n) is 21.6. The van der Waals surface area contributed by atoms with Gasteiger partial charge in [-0.3, -0.25) is 9.59 Å². The number of hydrogen-bond acceptors (Lipinski definition) is 5. The van der Waals surface area contributed by atoms with Gasteiger partial charge in [-0.15, -0.1) is 11.3 Å². The third-order valence-corrected chi connectivity index (χ3v) is 7.56. The van der Waals surface area contributed by atoms with E-state index in [2.05, 4.69) is 50.0 Å². The van der Waals surface area contributed by atoms with Crippen molar-refractivity contribution in [2.45, 2.75) is 70.8 Å². The molecule has 0 spiro atoms. The molecule has 1 aliphatic carbocycles. The highest BCUT2D eigenvalue weighted by Gasteiger charge is 2.42. The molecule has 200 valence electrons. The van der Waals surface area contributed by atoms with Crippen LogP contribution >= 0.6 is 11.3 Å². The first kappa shape index (κ1) is 27.4. The van der Waals surface area contributed by atoms with Crippen molar-refractivity contribution in [1.82, 2.24) is 9.88 Å². The van der Waals surface area contributed by atoms with Gasteiger partial charge in [0.2, 0.25) is 5.56 Å². The van der Waals surface area contributed by atoms with Crippen molar-refractivity contribution in [3.63, 3.8) is 0 Å². The zero-order valence-corrected chi connectivity index (χ0v) is 22.4. The summed E-state index contributed by atoms with van der Waals surface area (Å²) in [7, 11) is 0. The fraction of sp³-hybridized carbons (Fsp3) is 0.500. The summed E-state index contributed by atoms with van der Waals surface area (Å²) >= 11 is 1.53. The molecule has 5 rings (SSSR count). The van der Waals surface area contributed by atoms with Crippen LogP contribution in [0.25, 0.3) is 0 Å². The van der Waals surface area contributed by atoms with E-state index in [0.717, 1.165) is 16.9 Å². The number of halogens is 2. The number of nitrogens with one attached hydrogen (secondary N) is 1. The van der Waals surface area contributed by atoms with E-state index in [9.17, 15) is 18.4 Å². The van der Waals surface area contributed by atoms with Gasteiger partial charge in [-0.25, -0.2) is 0 Å². The van der Waals surface area contributed by atoms with Gasteiger partial charge in [0, 0.05) is 31.6 Å². The molecule has 2 aromatic rings. The molecule has 3 aliphatic rings. The van der Waals surface area contributed by atoms with Gasteiger partial charge in [-0.2, -0.15) is 8.78 Å². The van der Waals surface area contributed by atoms with Crippen molar-refractivity contribution in [2.24, 2.45) is 5.92 Å². The van der Waals surface area contributed by atoms with Crippen LogP contribution in [0, 0.1) is 5.92 Å². The van der Waals surface area contributed by atoms with Gasteiger partial charge in [0.05, 0.1) is 28.8 Å². The molecule has 0 aromatic carbocycles. The summed E-state index contributed by atoms with van der Waals surface area (Å²) in [5, 5.41) is 1.99. The molecule has 37 heavy (non-hydrogen) atoms. The van der Waals surface area contributed by atoms with Crippen LogP contribution in [-0.2, 0) is 21.9 Å². The molecule has 2 aromatic heterocycles. The van der Waals surface area contributed by atoms with Crippen molar-refractivity contribution >= 4 is 17.2 Å². The zero-order chi connectivity index (χ0) is 26.8. The number of pyridine rings is 1. The number of rotatable bonds is 6. The van der Waals surface area contributed by atoms with Crippen LogP contribution in [0.5, 0.6) is 0 Å². The number of carbonyl (C=O) groups excluding carboxylic acids is 1. The second-order valence-corrected chi connectivity index (χ2v) is 11.4. The summed E-state index contributed by atoms with van der Waals surface area (Å²) in [5.41, 5.74) is 1.41. The van der Waals surface area contributed by atoms with Gasteiger partial charge in [0.15, 0.2) is 0 Å². The van der Waals surface area contributed by atoms with E-state index in [-0.39, 0.29) is 35.8 Å². The fourth-order valence-electron chi connectivity index (χ4n) is 4.68. The van der Waals surface area contributed by atoms with Gasteiger partial charge in [-0.1, -0.05) is 31.2 Å². The number of thiophene rings is 1. The van der Waals surface area contributed by atoms with Crippen molar-refractivity contribution in [2.75, 3.05) is 13.2 Å². The predicted molar refractivity (Wildman–Crippen MR) is 140 cm³/mol. The second kappa shape index (κ2) is 11.0. The minimum absolute atomic E-state index is 0.0311. The highest BCUT2D eigenvalue weighted by Crippen LogP contribution is 2.37. The number of allylic oxidation sites excluding steroid dienone is 3. The molecule has 9 heteroatoms. The average Bonchev–Trinajstić information content (AvgIpc) is 3.37. The molecule has 1 amide bonds. The van der Waals surface area contributed by atoms with E-state index >= 15 is 0 Å². The summed E-state index contributed by atoms with van der Waals surface area (Å²) in [4.78, 5) is 28.2. The Labute approximate surface area is 220 Å². The van der Waals surface area contributed by atoms with E-state index in [1.807, 2.05) is 10.3 Å². The number of H-pyrrole nitrogens is 1. The van der Waals surface area contributed by atoms with Crippen LogP contribution < -0.4 is 5.56 Å². The van der Waals surface area contributed by atoms with Gasteiger partial charge in [0.1, 0.15) is 6.10 Å². The highest BCUT2D eigenvalue weighted by atomic mass is 32.1. The van der Waals surface area contributed by atoms with Crippen LogP contribution in [0.15, 0.2) is 58.2 Å². The average molecular weight is 533 g/mol. The lowest BCUT2D eigenvalue weighted by molar-refractivity contribution is -0.173. The van der Waals surface area contributed by atoms with E-state index in [4.69, 9.17) is 9.47 Å². The van der Waals surface area contributed by atoms with Crippen molar-refractivity contribution < 1.29 is 23.0 Å². The lowest BCUT2D eigenvalue weighted by Gasteiger charge is -2.43. The Balaban J connectivity index is 0.000000225. The van der Waals surface area contributed by atoms with E-state index in [0.29, 0.717) is 25.6 Å². The van der Waals surface area contributed by atoms with Crippen LogP contribution in [-0.4, -0.2) is 46.8 Å². The molecule has 0 unspecified atom stereocenters. The highest BCUT2D eigenvalue weighted by molar-refractivity contribution is 7.12. The number of aromatic amines is 1. The number of ether oxygens (including phenoxy) is 2. The van der Waals surface area contributed by atoms with Crippen LogP contribution in [0.3, 0.4) is 0 Å². The number of fused-ring (bicyclic) bond motifs is 1. The van der Waals surface area contributed by atoms with Crippen LogP contribution in [0.4, 0.5) is 8.78 Å². The van der Waals surface area contributed by atoms with Gasteiger partial charge in [-0.05, 0) is 55.8 Å². The quantitative estimate of drug-likeness (QED) is 0.521. The second-order valence-electron chi connectivity index (χ2n) is 10.5. The Kier molecular flexibility index (Phi) is 8.16. The summed E-state index contributed by atoms with van der Waals surface area (Å²) in [6.45, 7) is 9.61. The van der Waals surface area contributed by atoms with E-state index in [1.165, 1.54) is 42.0 Å². The summed E-state index contributed by atoms with van der Waals surface area (Å²) in [6, 6.07) is 5.79. The van der Waals surface area contributed by atoms with E-state index in [1.54, 1.807) is 0 Å². The Morgan fingerprint density at radius 3 is 2.57 bits per heavy atom. The molecule has 0 bridgehead atoms. The monoisotopic (exact) mass is 532 g/mol. The maximum absolute atomic E-state index is 12.9. The number of amides is 1. The lowest BCUT2D eigenvalue weighted by atomic mass is 9.82. The number of nitrogens with zero attached hydrogens (tertiary/aromatic N) is 1. The number of aromatic nitrogens is 1. The van der Waals surface area contributed by atoms with Gasteiger partial charge >= 0.3 is 0 Å². The first-order valence-corrected chi connectivity index (χ1v) is 13.5. The standard InChI is InChI=1S/C20H25NO3S.C8H9F2NO/c1-20(2,3)24-17-15(13-5-4-6-13)7-9-23-16(17)12-21-11-14-8-10-25-18(14)19(21)22;1-2-8(9,10)6-4-3-5-7(12)11-6/h4-6,8,10,15-17H,7,9,11-12H2,1-3H3;3-5H,2H2,1H3,(H,11,12)/t15-,16+,17+;/m0./s1. The van der Waals surface area contributed by atoms with Crippen molar-refractivity contribution in [3.05, 3.63) is 79.9 Å². The molecule has 2 aliphatic heterocycles. The Hall–Kier alpha value is -2.62. The molecular weight excluding hydrogens is 498 g/mol. The van der Waals surface area contributed by atoms with Crippen molar-refractivity contribution in [1.29, 1.82) is 0 Å². The number of hydrogen-bond donors (Lipinski definition) is 1. The molecule has 0 saturated carbocycles. The van der Waals surface area contributed by atoms with Gasteiger partial charge in [0.25, 0.3) is 11.8 Å². The molecule has 0 radical (unpaired) electrons. The maximum atomic E-state index is 12.9. The topological polar surface area (TPSA) is 71.6 Å². The summed E-state index contributed by atoms with van der Waals surface area (Å²) < 4.78 is 38.3. The minimum atomic E-state index is -2.93.